The average Bonchev–Trinajstić information content (AvgIpc) is 2.35. The zero-order valence-electron chi connectivity index (χ0n) is 10.4. The number of benzene rings is 2. The predicted molar refractivity (Wildman–Crippen MR) is 75.5 cm³/mol. The third-order valence-corrected chi connectivity index (χ3v) is 3.10. The van der Waals surface area contributed by atoms with E-state index in [4.69, 9.17) is 4.42 Å². The molecule has 1 heterocycles. The van der Waals surface area contributed by atoms with Gasteiger partial charge in [0, 0.05) is 23.1 Å². The van der Waals surface area contributed by atoms with Crippen molar-refractivity contribution in [2.24, 2.45) is 0 Å². The maximum Gasteiger partial charge on any atom is 0.182 e. The van der Waals surface area contributed by atoms with Crippen molar-refractivity contribution in [2.45, 2.75) is 6.92 Å². The summed E-state index contributed by atoms with van der Waals surface area (Å²) < 4.78 is 5.70. The Morgan fingerprint density at radius 1 is 1.21 bits per heavy atom. The molecular formula is C16H12O3. The van der Waals surface area contributed by atoms with Gasteiger partial charge in [0.2, 0.25) is 0 Å². The number of aromatic hydroxyl groups is 1. The van der Waals surface area contributed by atoms with Gasteiger partial charge in [0.05, 0.1) is 0 Å². The Morgan fingerprint density at radius 2 is 2.00 bits per heavy atom. The first kappa shape index (κ1) is 11.5. The molecule has 94 valence electrons. The van der Waals surface area contributed by atoms with E-state index >= 15 is 0 Å². The van der Waals surface area contributed by atoms with Crippen molar-refractivity contribution in [3.63, 3.8) is 0 Å². The van der Waals surface area contributed by atoms with Crippen LogP contribution in [0.1, 0.15) is 12.5 Å². The van der Waals surface area contributed by atoms with Gasteiger partial charge in [-0.1, -0.05) is 6.58 Å². The molecule has 0 bridgehead atoms. The highest BCUT2D eigenvalue weighted by molar-refractivity contribution is 5.97. The van der Waals surface area contributed by atoms with E-state index in [1.165, 1.54) is 12.1 Å². The second-order valence-electron chi connectivity index (χ2n) is 4.60. The van der Waals surface area contributed by atoms with E-state index in [-0.39, 0.29) is 11.2 Å². The molecule has 0 fully saturated rings. The minimum Gasteiger partial charge on any atom is -0.508 e. The predicted octanol–water partition coefficient (Wildman–Crippen LogP) is 3.64. The van der Waals surface area contributed by atoms with E-state index in [9.17, 15) is 9.90 Å². The quantitative estimate of drug-likeness (QED) is 0.673. The van der Waals surface area contributed by atoms with E-state index in [0.717, 1.165) is 22.1 Å². The summed E-state index contributed by atoms with van der Waals surface area (Å²) >= 11 is 0. The Labute approximate surface area is 109 Å². The molecule has 1 N–H and O–H groups in total. The highest BCUT2D eigenvalue weighted by atomic mass is 16.3. The highest BCUT2D eigenvalue weighted by Crippen LogP contribution is 2.37. The largest absolute Gasteiger partial charge is 0.508 e. The van der Waals surface area contributed by atoms with Gasteiger partial charge >= 0.3 is 0 Å². The van der Waals surface area contributed by atoms with Crippen molar-refractivity contribution in [2.75, 3.05) is 0 Å². The van der Waals surface area contributed by atoms with Gasteiger partial charge < -0.3 is 9.52 Å². The number of rotatable bonds is 1. The molecule has 1 aromatic rings. The van der Waals surface area contributed by atoms with Crippen LogP contribution in [0.5, 0.6) is 5.75 Å². The van der Waals surface area contributed by atoms with Crippen LogP contribution in [0.15, 0.2) is 52.2 Å². The van der Waals surface area contributed by atoms with Crippen LogP contribution < -0.4 is 5.43 Å². The number of allylic oxidation sites excluding steroid dienone is 1. The second kappa shape index (κ2) is 3.99. The smallest absolute Gasteiger partial charge is 0.182 e. The minimum absolute atomic E-state index is 0.108. The van der Waals surface area contributed by atoms with Crippen LogP contribution in [0.2, 0.25) is 0 Å². The molecule has 2 aliphatic rings. The summed E-state index contributed by atoms with van der Waals surface area (Å²) in [5, 5.41) is 10.4. The van der Waals surface area contributed by atoms with Crippen molar-refractivity contribution >= 4 is 16.5 Å². The topological polar surface area (TPSA) is 50.4 Å². The van der Waals surface area contributed by atoms with Gasteiger partial charge in [-0.2, -0.15) is 0 Å². The van der Waals surface area contributed by atoms with Gasteiger partial charge in [-0.05, 0) is 42.3 Å². The van der Waals surface area contributed by atoms with E-state index in [2.05, 4.69) is 6.58 Å². The first-order valence-electron chi connectivity index (χ1n) is 5.92. The molecule has 0 unspecified atom stereocenters. The van der Waals surface area contributed by atoms with Crippen molar-refractivity contribution in [1.29, 1.82) is 0 Å². The third kappa shape index (κ3) is 1.80. The Hall–Kier alpha value is -2.55. The lowest BCUT2D eigenvalue weighted by atomic mass is 9.95. The number of phenolic OH excluding ortho intramolecular Hbond substituents is 1. The molecule has 0 spiro atoms. The van der Waals surface area contributed by atoms with Gasteiger partial charge in [-0.3, -0.25) is 4.79 Å². The molecule has 3 rings (SSSR count). The third-order valence-electron chi connectivity index (χ3n) is 3.10. The van der Waals surface area contributed by atoms with Crippen LogP contribution in [0, 0.1) is 0 Å². The molecule has 19 heavy (non-hydrogen) atoms. The Bertz CT molecular complexity index is 827. The molecule has 0 aromatic heterocycles. The average molecular weight is 252 g/mol. The van der Waals surface area contributed by atoms with Crippen LogP contribution in [0.3, 0.4) is 0 Å². The zero-order valence-corrected chi connectivity index (χ0v) is 10.4. The summed E-state index contributed by atoms with van der Waals surface area (Å²) in [5.74, 6) is 0.630. The van der Waals surface area contributed by atoms with Gasteiger partial charge in [-0.25, -0.2) is 0 Å². The fourth-order valence-corrected chi connectivity index (χ4v) is 2.32. The molecule has 0 saturated carbocycles. The molecule has 0 amide bonds. The van der Waals surface area contributed by atoms with Gasteiger partial charge in [-0.15, -0.1) is 0 Å². The molecule has 1 aliphatic carbocycles. The second-order valence-corrected chi connectivity index (χ2v) is 4.60. The Morgan fingerprint density at radius 3 is 2.74 bits per heavy atom. The van der Waals surface area contributed by atoms with Crippen LogP contribution >= 0.6 is 0 Å². The fourth-order valence-electron chi connectivity index (χ4n) is 2.32. The number of fused-ring (bicyclic) bond motifs is 2. The first-order chi connectivity index (χ1) is 9.06. The molecule has 0 atom stereocenters. The number of hydrogen-bond acceptors (Lipinski definition) is 3. The number of phenols is 1. The lowest BCUT2D eigenvalue weighted by molar-refractivity contribution is 0.474. The lowest BCUT2D eigenvalue weighted by Crippen LogP contribution is -2.00. The van der Waals surface area contributed by atoms with Gasteiger partial charge in [0.15, 0.2) is 5.43 Å². The normalized spacial score (nSPS) is 11.0. The van der Waals surface area contributed by atoms with Crippen molar-refractivity contribution in [3.05, 3.63) is 58.8 Å². The van der Waals surface area contributed by atoms with Crippen LogP contribution in [-0.2, 0) is 0 Å². The van der Waals surface area contributed by atoms with Crippen LogP contribution in [-0.4, -0.2) is 5.11 Å². The van der Waals surface area contributed by atoms with Crippen LogP contribution in [0.25, 0.3) is 27.9 Å². The van der Waals surface area contributed by atoms with E-state index in [1.807, 2.05) is 6.92 Å². The fraction of sp³-hybridized carbons (Fsp3) is 0.0625. The van der Waals surface area contributed by atoms with Crippen LogP contribution in [0.4, 0.5) is 0 Å². The molecule has 1 aromatic carbocycles. The molecule has 0 radical (unpaired) electrons. The summed E-state index contributed by atoms with van der Waals surface area (Å²) in [6, 6.07) is 9.65. The Balaban J connectivity index is 2.57. The van der Waals surface area contributed by atoms with E-state index in [0.29, 0.717) is 11.3 Å². The van der Waals surface area contributed by atoms with Gasteiger partial charge in [0.1, 0.15) is 17.1 Å². The molecule has 3 nitrogen and oxygen atoms in total. The molecule has 1 aliphatic heterocycles. The number of hydrogen-bond donors (Lipinski definition) is 1. The molecular weight excluding hydrogens is 240 g/mol. The molecule has 3 heteroatoms. The lowest BCUT2D eigenvalue weighted by Gasteiger charge is -2.14. The standard InChI is InChI=1S/C16H12O3/c1-9(2)16-12-5-3-10(17)7-14(12)19-15-8-11(18)4-6-13(15)16/h3-8,17H,1H2,2H3. The van der Waals surface area contributed by atoms with Gasteiger partial charge in [0.25, 0.3) is 0 Å². The summed E-state index contributed by atoms with van der Waals surface area (Å²) in [6.07, 6.45) is 0. The van der Waals surface area contributed by atoms with Crippen molar-refractivity contribution < 1.29 is 9.52 Å². The maximum atomic E-state index is 11.4. The summed E-state index contributed by atoms with van der Waals surface area (Å²) in [7, 11) is 0. The van der Waals surface area contributed by atoms with Crippen molar-refractivity contribution in [3.8, 4) is 17.1 Å². The zero-order chi connectivity index (χ0) is 13.6. The Kier molecular flexibility index (Phi) is 2.42. The SMILES string of the molecule is C=C(C)c1c2ccc(=O)cc-2oc2cc(O)ccc12. The summed E-state index contributed by atoms with van der Waals surface area (Å²) in [5.41, 5.74) is 3.11. The van der Waals surface area contributed by atoms with E-state index < -0.39 is 0 Å². The monoisotopic (exact) mass is 252 g/mol. The summed E-state index contributed by atoms with van der Waals surface area (Å²) in [6.45, 7) is 5.90. The summed E-state index contributed by atoms with van der Waals surface area (Å²) in [4.78, 5) is 11.4. The first-order valence-corrected chi connectivity index (χ1v) is 5.92. The van der Waals surface area contributed by atoms with Crippen molar-refractivity contribution in [1.82, 2.24) is 0 Å². The maximum absolute atomic E-state index is 11.4. The van der Waals surface area contributed by atoms with E-state index in [1.54, 1.807) is 24.3 Å². The highest BCUT2D eigenvalue weighted by Gasteiger charge is 2.16. The molecule has 0 saturated heterocycles. The minimum atomic E-state index is -0.108.